The average molecular weight is 430 g/mol. The number of halogens is 1. The maximum Gasteiger partial charge on any atom is 0.338 e. The summed E-state index contributed by atoms with van der Waals surface area (Å²) in [5.41, 5.74) is 2.02. The van der Waals surface area contributed by atoms with Crippen molar-refractivity contribution in [3.63, 3.8) is 0 Å². The van der Waals surface area contributed by atoms with Gasteiger partial charge in [-0.25, -0.2) is 9.59 Å². The van der Waals surface area contributed by atoms with Crippen LogP contribution in [-0.2, 0) is 9.53 Å². The minimum Gasteiger partial charge on any atom is -0.452 e. The summed E-state index contributed by atoms with van der Waals surface area (Å²) in [6.45, 7) is 1.40. The Bertz CT molecular complexity index is 1020. The predicted octanol–water partition coefficient (Wildman–Crippen LogP) is 3.03. The van der Waals surface area contributed by atoms with Gasteiger partial charge in [0.05, 0.1) is 11.3 Å². The number of hydrogen-bond donors (Lipinski definition) is 2. The number of aromatic nitrogens is 2. The molecule has 2 N–H and O–H groups in total. The first-order valence-corrected chi connectivity index (χ1v) is 8.83. The van der Waals surface area contributed by atoms with E-state index in [1.54, 1.807) is 61.7 Å². The van der Waals surface area contributed by atoms with Crippen LogP contribution < -0.4 is 11.0 Å². The van der Waals surface area contributed by atoms with E-state index >= 15 is 0 Å². The van der Waals surface area contributed by atoms with Gasteiger partial charge in [-0.15, -0.1) is 0 Å². The molecule has 0 radical (unpaired) electrons. The van der Waals surface area contributed by atoms with Crippen LogP contribution in [0.3, 0.4) is 0 Å². The van der Waals surface area contributed by atoms with Crippen LogP contribution in [-0.4, -0.2) is 28.0 Å². The number of rotatable bonds is 5. The highest BCUT2D eigenvalue weighted by Gasteiger charge is 2.12. The number of nitrogens with one attached hydrogen (secondary N) is 2. The number of ether oxygens (including phenoxy) is 1. The summed E-state index contributed by atoms with van der Waals surface area (Å²) in [5, 5.41) is 2.64. The van der Waals surface area contributed by atoms with Crippen LogP contribution in [0.25, 0.3) is 5.69 Å². The lowest BCUT2D eigenvalue weighted by Gasteiger charge is -2.08. The number of aromatic amines is 1. The van der Waals surface area contributed by atoms with Crippen molar-refractivity contribution in [2.45, 2.75) is 6.92 Å². The van der Waals surface area contributed by atoms with Crippen molar-refractivity contribution in [1.29, 1.82) is 0 Å². The molecule has 2 aromatic carbocycles. The molecule has 7 nitrogen and oxygen atoms in total. The number of anilines is 1. The topological polar surface area (TPSA) is 93.2 Å². The lowest BCUT2D eigenvalue weighted by molar-refractivity contribution is -0.119. The third kappa shape index (κ3) is 4.53. The van der Waals surface area contributed by atoms with E-state index < -0.39 is 18.5 Å². The van der Waals surface area contributed by atoms with Crippen LogP contribution in [0, 0.1) is 6.92 Å². The van der Waals surface area contributed by atoms with Crippen molar-refractivity contribution in [3.8, 4) is 5.69 Å². The smallest absolute Gasteiger partial charge is 0.338 e. The molecule has 1 aromatic heterocycles. The van der Waals surface area contributed by atoms with Crippen molar-refractivity contribution >= 4 is 33.5 Å². The first kappa shape index (κ1) is 18.7. The van der Waals surface area contributed by atoms with Gasteiger partial charge in [0.15, 0.2) is 6.61 Å². The third-order valence-corrected chi connectivity index (χ3v) is 4.31. The van der Waals surface area contributed by atoms with E-state index in [2.05, 4.69) is 26.2 Å². The number of esters is 1. The van der Waals surface area contributed by atoms with Crippen LogP contribution in [0.1, 0.15) is 16.1 Å². The molecule has 0 aliphatic rings. The van der Waals surface area contributed by atoms with Crippen LogP contribution in [0.5, 0.6) is 0 Å². The second-order valence-corrected chi connectivity index (χ2v) is 6.66. The highest BCUT2D eigenvalue weighted by molar-refractivity contribution is 9.10. The van der Waals surface area contributed by atoms with Crippen molar-refractivity contribution in [3.05, 3.63) is 80.9 Å². The van der Waals surface area contributed by atoms with E-state index in [9.17, 15) is 14.4 Å². The lowest BCUT2D eigenvalue weighted by Crippen LogP contribution is -2.21. The first-order chi connectivity index (χ1) is 12.9. The van der Waals surface area contributed by atoms with Gasteiger partial charge < -0.3 is 15.0 Å². The first-order valence-electron chi connectivity index (χ1n) is 8.04. The van der Waals surface area contributed by atoms with Gasteiger partial charge in [-0.3, -0.25) is 9.36 Å². The zero-order chi connectivity index (χ0) is 19.4. The second-order valence-electron chi connectivity index (χ2n) is 5.75. The summed E-state index contributed by atoms with van der Waals surface area (Å²) < 4.78 is 7.41. The summed E-state index contributed by atoms with van der Waals surface area (Å²) in [6, 6.07) is 13.4. The normalized spacial score (nSPS) is 10.4. The number of H-pyrrole nitrogens is 1. The molecule has 3 aromatic rings. The number of nitrogens with zero attached hydrogens (tertiary/aromatic N) is 1. The molecule has 0 unspecified atom stereocenters. The standard InChI is InChI=1S/C19H16BrN3O4/c1-12-10-21-19(26)23(12)16-8-2-13(3-9-16)18(25)27-11-17(24)22-15-6-4-14(20)5-7-15/h2-10H,11H2,1H3,(H,21,26)(H,22,24). The zero-order valence-electron chi connectivity index (χ0n) is 14.4. The Morgan fingerprint density at radius 3 is 2.37 bits per heavy atom. The summed E-state index contributed by atoms with van der Waals surface area (Å²) in [7, 11) is 0. The van der Waals surface area contributed by atoms with E-state index in [-0.39, 0.29) is 11.3 Å². The predicted molar refractivity (Wildman–Crippen MR) is 104 cm³/mol. The molecule has 0 aliphatic carbocycles. The highest BCUT2D eigenvalue weighted by atomic mass is 79.9. The number of hydrogen-bond acceptors (Lipinski definition) is 4. The van der Waals surface area contributed by atoms with Crippen molar-refractivity contribution < 1.29 is 14.3 Å². The molecule has 0 fully saturated rings. The van der Waals surface area contributed by atoms with E-state index in [1.807, 2.05) is 0 Å². The summed E-state index contributed by atoms with van der Waals surface area (Å²) in [4.78, 5) is 38.3. The number of aryl methyl sites for hydroxylation is 1. The Labute approximate surface area is 163 Å². The van der Waals surface area contributed by atoms with Crippen LogP contribution >= 0.6 is 15.9 Å². The van der Waals surface area contributed by atoms with Gasteiger partial charge in [0.1, 0.15) is 0 Å². The Morgan fingerprint density at radius 1 is 1.11 bits per heavy atom. The fourth-order valence-electron chi connectivity index (χ4n) is 2.47. The zero-order valence-corrected chi connectivity index (χ0v) is 15.9. The minimum absolute atomic E-state index is 0.257. The van der Waals surface area contributed by atoms with Gasteiger partial charge in [-0.05, 0) is 55.5 Å². The molecule has 0 saturated heterocycles. The molecule has 1 heterocycles. The van der Waals surface area contributed by atoms with Crippen LogP contribution in [0.2, 0.25) is 0 Å². The second kappa shape index (κ2) is 8.05. The van der Waals surface area contributed by atoms with Gasteiger partial charge in [0, 0.05) is 22.1 Å². The summed E-state index contributed by atoms with van der Waals surface area (Å²) in [5.74, 6) is -1.05. The van der Waals surface area contributed by atoms with E-state index in [4.69, 9.17) is 4.74 Å². The Morgan fingerprint density at radius 2 is 1.78 bits per heavy atom. The molecule has 0 spiro atoms. The molecule has 0 aliphatic heterocycles. The molecule has 3 rings (SSSR count). The highest BCUT2D eigenvalue weighted by Crippen LogP contribution is 2.14. The monoisotopic (exact) mass is 429 g/mol. The van der Waals surface area contributed by atoms with Gasteiger partial charge in [0.25, 0.3) is 5.91 Å². The number of carbonyl (C=O) groups excluding carboxylic acids is 2. The number of carbonyl (C=O) groups is 2. The Kier molecular flexibility index (Phi) is 5.56. The summed E-state index contributed by atoms with van der Waals surface area (Å²) in [6.07, 6.45) is 1.61. The molecule has 0 bridgehead atoms. The molecule has 0 saturated carbocycles. The average Bonchev–Trinajstić information content (AvgIpc) is 3.00. The maximum absolute atomic E-state index is 12.1. The molecule has 0 atom stereocenters. The molecule has 1 amide bonds. The number of imidazole rings is 1. The van der Waals surface area contributed by atoms with Gasteiger partial charge in [-0.2, -0.15) is 0 Å². The van der Waals surface area contributed by atoms with Crippen LogP contribution in [0.4, 0.5) is 5.69 Å². The molecule has 138 valence electrons. The quantitative estimate of drug-likeness (QED) is 0.609. The Hall–Kier alpha value is -3.13. The minimum atomic E-state index is -0.620. The largest absolute Gasteiger partial charge is 0.452 e. The lowest BCUT2D eigenvalue weighted by atomic mass is 10.2. The molecular weight excluding hydrogens is 414 g/mol. The van der Waals surface area contributed by atoms with Gasteiger partial charge in [-0.1, -0.05) is 15.9 Å². The number of amides is 1. The van der Waals surface area contributed by atoms with Crippen LogP contribution in [0.15, 0.2) is 64.0 Å². The van der Waals surface area contributed by atoms with Crippen molar-refractivity contribution in [2.75, 3.05) is 11.9 Å². The van der Waals surface area contributed by atoms with E-state index in [0.29, 0.717) is 11.4 Å². The third-order valence-electron chi connectivity index (χ3n) is 3.78. The van der Waals surface area contributed by atoms with Crippen molar-refractivity contribution in [2.24, 2.45) is 0 Å². The fraction of sp³-hybridized carbons (Fsp3) is 0.105. The number of benzene rings is 2. The van der Waals surface area contributed by atoms with Crippen molar-refractivity contribution in [1.82, 2.24) is 9.55 Å². The molecular formula is C19H16BrN3O4. The Balaban J connectivity index is 1.59. The molecule has 27 heavy (non-hydrogen) atoms. The van der Waals surface area contributed by atoms with Gasteiger partial charge >= 0.3 is 11.7 Å². The fourth-order valence-corrected chi connectivity index (χ4v) is 2.73. The van der Waals surface area contributed by atoms with E-state index in [0.717, 1.165) is 10.2 Å². The maximum atomic E-state index is 12.1. The summed E-state index contributed by atoms with van der Waals surface area (Å²) >= 11 is 3.31. The SMILES string of the molecule is Cc1c[nH]c(=O)n1-c1ccc(C(=O)OCC(=O)Nc2ccc(Br)cc2)cc1. The van der Waals surface area contributed by atoms with Gasteiger partial charge in [0.2, 0.25) is 0 Å². The molecule has 8 heteroatoms. The van der Waals surface area contributed by atoms with E-state index in [1.165, 1.54) is 4.57 Å².